The predicted molar refractivity (Wildman–Crippen MR) is 253 cm³/mol. The number of benzene rings is 9. The fourth-order valence-corrected chi connectivity index (χ4v) is 8.88. The van der Waals surface area contributed by atoms with Gasteiger partial charge in [-0.15, -0.1) is 0 Å². The van der Waals surface area contributed by atoms with Gasteiger partial charge in [0.05, 0.1) is 5.69 Å². The van der Waals surface area contributed by atoms with Crippen LogP contribution in [0.25, 0.3) is 83.5 Å². The zero-order valence-corrected chi connectivity index (χ0v) is 33.1. The Morgan fingerprint density at radius 2 is 0.917 bits per heavy atom. The first-order valence-electron chi connectivity index (χ1n) is 20.8. The number of hydrogen-bond donors (Lipinski definition) is 0. The lowest BCUT2D eigenvalue weighted by atomic mass is 9.96. The molecule has 284 valence electrons. The molecule has 2 nitrogen and oxygen atoms in total. The molecule has 0 atom stereocenters. The van der Waals surface area contributed by atoms with Gasteiger partial charge in [0, 0.05) is 33.5 Å². The molecule has 9 aromatic carbocycles. The number of rotatable bonds is 8. The molecule has 1 aromatic heterocycles. The van der Waals surface area contributed by atoms with Crippen LogP contribution in [0, 0.1) is 0 Å². The first-order valence-corrected chi connectivity index (χ1v) is 20.8. The minimum absolute atomic E-state index is 0.961. The summed E-state index contributed by atoms with van der Waals surface area (Å²) in [5.74, 6) is 0.990. The average molecular weight is 768 g/mol. The standard InChI is InChI=1S/C58H41NO/c1-2-12-40(13-3-1)42-24-27-44(28-25-42)52-18-6-8-22-56(52)59(51-36-32-45(33-37-51)53-20-11-21-55-54-19-7-9-23-57(54)60-58(53)55)50-34-30-43(31-35-50)47-16-10-17-48(38-47)49-29-26-41-14-4-5-15-46(41)39-49/h1-6,8-18,20-39H,7,19H2. The highest BCUT2D eigenvalue weighted by Crippen LogP contribution is 2.43. The molecular formula is C58H41NO. The number of fused-ring (bicyclic) bond motifs is 4. The van der Waals surface area contributed by atoms with E-state index in [1.165, 1.54) is 55.1 Å². The predicted octanol–water partition coefficient (Wildman–Crippen LogP) is 16.4. The van der Waals surface area contributed by atoms with E-state index in [0.717, 1.165) is 63.5 Å². The second-order valence-corrected chi connectivity index (χ2v) is 15.6. The van der Waals surface area contributed by atoms with Gasteiger partial charge in [-0.3, -0.25) is 0 Å². The number of hydrogen-bond acceptors (Lipinski definition) is 2. The molecule has 1 aliphatic carbocycles. The Kier molecular flexibility index (Phi) is 9.02. The monoisotopic (exact) mass is 767 g/mol. The van der Waals surface area contributed by atoms with Gasteiger partial charge in [-0.25, -0.2) is 0 Å². The zero-order chi connectivity index (χ0) is 39.8. The Labute approximate surface area is 351 Å². The van der Waals surface area contributed by atoms with Crippen molar-refractivity contribution < 1.29 is 4.42 Å². The van der Waals surface area contributed by atoms with Crippen LogP contribution >= 0.6 is 0 Å². The van der Waals surface area contributed by atoms with E-state index in [1.807, 2.05) is 0 Å². The number of allylic oxidation sites excluding steroid dienone is 1. The Morgan fingerprint density at radius 3 is 1.72 bits per heavy atom. The van der Waals surface area contributed by atoms with Gasteiger partial charge in [-0.1, -0.05) is 176 Å². The van der Waals surface area contributed by atoms with E-state index in [2.05, 4.69) is 229 Å². The molecule has 0 radical (unpaired) electrons. The normalized spacial score (nSPS) is 12.1. The van der Waals surface area contributed by atoms with E-state index in [9.17, 15) is 0 Å². The number of anilines is 3. The second kappa shape index (κ2) is 15.2. The molecule has 0 bridgehead atoms. The maximum Gasteiger partial charge on any atom is 0.142 e. The average Bonchev–Trinajstić information content (AvgIpc) is 3.72. The molecule has 60 heavy (non-hydrogen) atoms. The zero-order valence-electron chi connectivity index (χ0n) is 33.1. The molecule has 0 amide bonds. The summed E-state index contributed by atoms with van der Waals surface area (Å²) in [5.41, 5.74) is 17.3. The Morgan fingerprint density at radius 1 is 0.383 bits per heavy atom. The summed E-state index contributed by atoms with van der Waals surface area (Å²) in [5, 5.41) is 3.72. The smallest absolute Gasteiger partial charge is 0.142 e. The lowest BCUT2D eigenvalue weighted by Crippen LogP contribution is -2.11. The molecule has 0 fully saturated rings. The number of aryl methyl sites for hydroxylation is 1. The molecule has 1 aliphatic rings. The maximum atomic E-state index is 6.49. The summed E-state index contributed by atoms with van der Waals surface area (Å²) in [6.07, 6.45) is 6.40. The van der Waals surface area contributed by atoms with Crippen LogP contribution in [0.1, 0.15) is 17.7 Å². The fourth-order valence-electron chi connectivity index (χ4n) is 8.88. The van der Waals surface area contributed by atoms with Crippen molar-refractivity contribution in [1.29, 1.82) is 0 Å². The third kappa shape index (κ3) is 6.59. The van der Waals surface area contributed by atoms with Crippen molar-refractivity contribution >= 4 is 44.9 Å². The molecular weight excluding hydrogens is 727 g/mol. The van der Waals surface area contributed by atoms with Gasteiger partial charge in [0.25, 0.3) is 0 Å². The molecule has 10 aromatic rings. The summed E-state index contributed by atoms with van der Waals surface area (Å²) >= 11 is 0. The first kappa shape index (κ1) is 35.5. The Balaban J connectivity index is 0.984. The fraction of sp³-hybridized carbons (Fsp3) is 0.0345. The summed E-state index contributed by atoms with van der Waals surface area (Å²) < 4.78 is 6.49. The number of furan rings is 1. The van der Waals surface area contributed by atoms with Crippen molar-refractivity contribution in [3.63, 3.8) is 0 Å². The van der Waals surface area contributed by atoms with Gasteiger partial charge in [0.2, 0.25) is 0 Å². The van der Waals surface area contributed by atoms with Crippen molar-refractivity contribution in [3.8, 4) is 55.6 Å². The van der Waals surface area contributed by atoms with Gasteiger partial charge >= 0.3 is 0 Å². The highest BCUT2D eigenvalue weighted by Gasteiger charge is 2.20. The molecule has 0 aliphatic heterocycles. The van der Waals surface area contributed by atoms with E-state index in [4.69, 9.17) is 4.42 Å². The van der Waals surface area contributed by atoms with Crippen LogP contribution in [0.15, 0.2) is 223 Å². The van der Waals surface area contributed by atoms with Crippen LogP contribution in [0.5, 0.6) is 0 Å². The second-order valence-electron chi connectivity index (χ2n) is 15.6. The van der Waals surface area contributed by atoms with E-state index in [-0.39, 0.29) is 0 Å². The van der Waals surface area contributed by atoms with Gasteiger partial charge < -0.3 is 9.32 Å². The first-order chi connectivity index (χ1) is 29.7. The lowest BCUT2D eigenvalue weighted by molar-refractivity contribution is 0.596. The Hall–Kier alpha value is -7.68. The van der Waals surface area contributed by atoms with Crippen LogP contribution in [-0.2, 0) is 6.42 Å². The molecule has 0 N–H and O–H groups in total. The van der Waals surface area contributed by atoms with Gasteiger partial charge in [0.15, 0.2) is 0 Å². The summed E-state index contributed by atoms with van der Waals surface area (Å²) in [6.45, 7) is 0. The van der Waals surface area contributed by atoms with Crippen LogP contribution < -0.4 is 4.90 Å². The largest absolute Gasteiger partial charge is 0.456 e. The quantitative estimate of drug-likeness (QED) is 0.153. The van der Waals surface area contributed by atoms with Crippen molar-refractivity contribution in [2.75, 3.05) is 4.90 Å². The third-order valence-electron chi connectivity index (χ3n) is 12.0. The Bertz CT molecular complexity index is 3170. The minimum atomic E-state index is 0.961. The molecule has 0 spiro atoms. The molecule has 0 saturated heterocycles. The lowest BCUT2D eigenvalue weighted by Gasteiger charge is -2.28. The SMILES string of the molecule is C1=Cc2oc3c(-c4ccc(N(c5ccc(-c6cccc(-c7ccc8ccccc8c7)c6)cc5)c5ccccc5-c5ccc(-c6ccccc6)cc5)cc4)cccc3c2CC1. The molecule has 1 heterocycles. The van der Waals surface area contributed by atoms with E-state index >= 15 is 0 Å². The van der Waals surface area contributed by atoms with Crippen molar-refractivity contribution in [2.45, 2.75) is 12.8 Å². The van der Waals surface area contributed by atoms with Crippen LogP contribution in [0.2, 0.25) is 0 Å². The van der Waals surface area contributed by atoms with Gasteiger partial charge in [-0.2, -0.15) is 0 Å². The van der Waals surface area contributed by atoms with E-state index in [1.54, 1.807) is 0 Å². The molecule has 2 heteroatoms. The van der Waals surface area contributed by atoms with Crippen LogP contribution in [0.3, 0.4) is 0 Å². The van der Waals surface area contributed by atoms with Crippen molar-refractivity contribution in [3.05, 3.63) is 230 Å². The third-order valence-corrected chi connectivity index (χ3v) is 12.0. The van der Waals surface area contributed by atoms with E-state index < -0.39 is 0 Å². The van der Waals surface area contributed by atoms with Crippen LogP contribution in [-0.4, -0.2) is 0 Å². The highest BCUT2D eigenvalue weighted by atomic mass is 16.3. The van der Waals surface area contributed by atoms with Crippen LogP contribution in [0.4, 0.5) is 17.1 Å². The topological polar surface area (TPSA) is 16.4 Å². The summed E-state index contributed by atoms with van der Waals surface area (Å²) in [4.78, 5) is 2.39. The molecule has 11 rings (SSSR count). The van der Waals surface area contributed by atoms with Gasteiger partial charge in [-0.05, 0) is 117 Å². The van der Waals surface area contributed by atoms with E-state index in [0.29, 0.717) is 0 Å². The molecule has 0 saturated carbocycles. The summed E-state index contributed by atoms with van der Waals surface area (Å²) in [6, 6.07) is 76.9. The summed E-state index contributed by atoms with van der Waals surface area (Å²) in [7, 11) is 0. The maximum absolute atomic E-state index is 6.49. The number of nitrogens with zero attached hydrogens (tertiary/aromatic N) is 1. The minimum Gasteiger partial charge on any atom is -0.456 e. The highest BCUT2D eigenvalue weighted by molar-refractivity contribution is 5.97. The van der Waals surface area contributed by atoms with Crippen molar-refractivity contribution in [1.82, 2.24) is 0 Å². The number of para-hydroxylation sites is 2. The molecule has 0 unspecified atom stereocenters. The van der Waals surface area contributed by atoms with Crippen molar-refractivity contribution in [2.24, 2.45) is 0 Å². The van der Waals surface area contributed by atoms with Gasteiger partial charge in [0.1, 0.15) is 11.3 Å².